The van der Waals surface area contributed by atoms with Crippen molar-refractivity contribution in [2.24, 2.45) is 0 Å². The molecule has 0 spiro atoms. The lowest BCUT2D eigenvalue weighted by Crippen LogP contribution is -2.44. The second-order valence-corrected chi connectivity index (χ2v) is 7.64. The van der Waals surface area contributed by atoms with Gasteiger partial charge in [0.05, 0.1) is 0 Å². The normalized spacial score (nSPS) is 10.2. The van der Waals surface area contributed by atoms with Crippen molar-refractivity contribution < 1.29 is 19.1 Å². The number of benzene rings is 3. The summed E-state index contributed by atoms with van der Waals surface area (Å²) in [5, 5.41) is 2.80. The molecule has 170 valence electrons. The molecule has 0 aliphatic heterocycles. The van der Waals surface area contributed by atoms with Gasteiger partial charge < -0.3 is 10.1 Å². The van der Waals surface area contributed by atoms with E-state index in [2.05, 4.69) is 16.2 Å². The molecule has 3 N–H and O–H groups in total. The number of nitrogens with one attached hydrogen (secondary N) is 3. The lowest BCUT2D eigenvalue weighted by atomic mass is 10.1. The minimum Gasteiger partial charge on any atom is -0.484 e. The molecule has 0 atom stereocenters. The van der Waals surface area contributed by atoms with Crippen LogP contribution in [0.3, 0.4) is 0 Å². The lowest BCUT2D eigenvalue weighted by Gasteiger charge is -2.10. The molecule has 0 aromatic heterocycles. The summed E-state index contributed by atoms with van der Waals surface area (Å²) in [5.74, 6) is -0.700. The van der Waals surface area contributed by atoms with Gasteiger partial charge in [0.25, 0.3) is 5.91 Å². The van der Waals surface area contributed by atoms with Gasteiger partial charge in [0.15, 0.2) is 6.61 Å². The summed E-state index contributed by atoms with van der Waals surface area (Å²) in [4.78, 5) is 35.9. The molecule has 33 heavy (non-hydrogen) atoms. The molecule has 3 rings (SSSR count). The Kier molecular flexibility index (Phi) is 8.18. The standard InChI is InChI=1S/C26H27N3O4/c1-18-8-9-19(2)23(16-18)27-24(30)14-15-25(31)28-29-26(32)17-33-22-12-10-21(11-13-22)20-6-4-3-5-7-20/h3-13,16H,14-15,17H2,1-2H3,(H,27,30)(H,28,31)(H,29,32). The van der Waals surface area contributed by atoms with Gasteiger partial charge in [0.2, 0.25) is 11.8 Å². The van der Waals surface area contributed by atoms with E-state index >= 15 is 0 Å². The molecule has 7 heteroatoms. The first-order valence-electron chi connectivity index (χ1n) is 10.6. The lowest BCUT2D eigenvalue weighted by molar-refractivity contribution is -0.130. The summed E-state index contributed by atoms with van der Waals surface area (Å²) in [6.07, 6.45) is -0.0574. The third kappa shape index (κ3) is 7.50. The smallest absolute Gasteiger partial charge is 0.276 e. The van der Waals surface area contributed by atoms with Crippen molar-refractivity contribution in [1.82, 2.24) is 10.9 Å². The fourth-order valence-corrected chi connectivity index (χ4v) is 3.07. The fourth-order valence-electron chi connectivity index (χ4n) is 3.07. The van der Waals surface area contributed by atoms with E-state index in [1.165, 1.54) is 0 Å². The highest BCUT2D eigenvalue weighted by molar-refractivity contribution is 5.94. The maximum absolute atomic E-state index is 12.1. The number of carbonyl (C=O) groups excluding carboxylic acids is 3. The van der Waals surface area contributed by atoms with Crippen molar-refractivity contribution in [3.05, 3.63) is 83.9 Å². The molecule has 0 saturated carbocycles. The minimum atomic E-state index is -0.504. The number of carbonyl (C=O) groups is 3. The van der Waals surface area contributed by atoms with Gasteiger partial charge in [-0.15, -0.1) is 0 Å². The van der Waals surface area contributed by atoms with Crippen LogP contribution >= 0.6 is 0 Å². The van der Waals surface area contributed by atoms with E-state index in [4.69, 9.17) is 4.74 Å². The van der Waals surface area contributed by atoms with Crippen LogP contribution in [-0.4, -0.2) is 24.3 Å². The quantitative estimate of drug-likeness (QED) is 0.458. The van der Waals surface area contributed by atoms with Crippen LogP contribution in [0.2, 0.25) is 0 Å². The SMILES string of the molecule is Cc1ccc(C)c(NC(=O)CCC(=O)NNC(=O)COc2ccc(-c3ccccc3)cc2)c1. The number of hydrazine groups is 1. The molecule has 3 amide bonds. The Morgan fingerprint density at radius 3 is 2.09 bits per heavy atom. The van der Waals surface area contributed by atoms with Gasteiger partial charge in [0.1, 0.15) is 5.75 Å². The number of rotatable bonds is 8. The summed E-state index contributed by atoms with van der Waals surface area (Å²) in [6.45, 7) is 3.59. The van der Waals surface area contributed by atoms with Gasteiger partial charge in [-0.05, 0) is 54.3 Å². The third-order valence-electron chi connectivity index (χ3n) is 4.92. The Labute approximate surface area is 193 Å². The molecular weight excluding hydrogens is 418 g/mol. The van der Waals surface area contributed by atoms with E-state index in [9.17, 15) is 14.4 Å². The van der Waals surface area contributed by atoms with Crippen molar-refractivity contribution >= 4 is 23.4 Å². The molecule has 0 saturated heterocycles. The summed E-state index contributed by atoms with van der Waals surface area (Å²) in [6, 6.07) is 23.1. The first-order chi connectivity index (χ1) is 15.9. The van der Waals surface area contributed by atoms with E-state index in [-0.39, 0.29) is 25.4 Å². The van der Waals surface area contributed by atoms with Crippen LogP contribution in [0.1, 0.15) is 24.0 Å². The average Bonchev–Trinajstić information content (AvgIpc) is 2.83. The van der Waals surface area contributed by atoms with Crippen molar-refractivity contribution in [3.63, 3.8) is 0 Å². The summed E-state index contributed by atoms with van der Waals surface area (Å²) in [5.41, 5.74) is 9.41. The highest BCUT2D eigenvalue weighted by Gasteiger charge is 2.10. The number of hydrogen-bond acceptors (Lipinski definition) is 4. The zero-order valence-electron chi connectivity index (χ0n) is 18.7. The highest BCUT2D eigenvalue weighted by Crippen LogP contribution is 2.22. The van der Waals surface area contributed by atoms with Crippen LogP contribution in [0.4, 0.5) is 5.69 Å². The topological polar surface area (TPSA) is 96.5 Å². The van der Waals surface area contributed by atoms with Crippen molar-refractivity contribution in [2.75, 3.05) is 11.9 Å². The predicted octanol–water partition coefficient (Wildman–Crippen LogP) is 3.92. The van der Waals surface area contributed by atoms with Gasteiger partial charge in [-0.1, -0.05) is 54.6 Å². The third-order valence-corrected chi connectivity index (χ3v) is 4.92. The second kappa shape index (κ2) is 11.5. The van der Waals surface area contributed by atoms with Gasteiger partial charge in [-0.25, -0.2) is 0 Å². The largest absolute Gasteiger partial charge is 0.484 e. The van der Waals surface area contributed by atoms with Crippen LogP contribution in [0.5, 0.6) is 5.75 Å². The Bertz CT molecular complexity index is 1110. The number of aryl methyl sites for hydroxylation is 2. The maximum Gasteiger partial charge on any atom is 0.276 e. The number of ether oxygens (including phenoxy) is 1. The number of hydrogen-bond donors (Lipinski definition) is 3. The zero-order chi connectivity index (χ0) is 23.6. The summed E-state index contributed by atoms with van der Waals surface area (Å²) >= 11 is 0. The van der Waals surface area contributed by atoms with Crippen LogP contribution < -0.4 is 20.9 Å². The molecule has 0 aliphatic carbocycles. The van der Waals surface area contributed by atoms with Crippen molar-refractivity contribution in [1.29, 1.82) is 0 Å². The van der Waals surface area contributed by atoms with Gasteiger partial charge in [-0.2, -0.15) is 0 Å². The zero-order valence-corrected chi connectivity index (χ0v) is 18.7. The van der Waals surface area contributed by atoms with E-state index < -0.39 is 11.8 Å². The molecule has 7 nitrogen and oxygen atoms in total. The first kappa shape index (κ1) is 23.5. The highest BCUT2D eigenvalue weighted by atomic mass is 16.5. The summed E-state index contributed by atoms with van der Waals surface area (Å²) in [7, 11) is 0. The summed E-state index contributed by atoms with van der Waals surface area (Å²) < 4.78 is 5.45. The van der Waals surface area contributed by atoms with Crippen molar-refractivity contribution in [3.8, 4) is 16.9 Å². The number of amides is 3. The molecule has 0 unspecified atom stereocenters. The van der Waals surface area contributed by atoms with Crippen LogP contribution in [0, 0.1) is 13.8 Å². The Morgan fingerprint density at radius 1 is 0.727 bits per heavy atom. The van der Waals surface area contributed by atoms with E-state index in [0.29, 0.717) is 5.75 Å². The molecule has 0 aliphatic rings. The van der Waals surface area contributed by atoms with Gasteiger partial charge in [0, 0.05) is 18.5 Å². The van der Waals surface area contributed by atoms with Gasteiger partial charge in [-0.3, -0.25) is 25.2 Å². The molecule has 0 bridgehead atoms. The van der Waals surface area contributed by atoms with E-state index in [1.54, 1.807) is 12.1 Å². The van der Waals surface area contributed by atoms with Crippen LogP contribution in [-0.2, 0) is 14.4 Å². The average molecular weight is 446 g/mol. The van der Waals surface area contributed by atoms with E-state index in [1.807, 2.05) is 74.5 Å². The molecule has 0 heterocycles. The predicted molar refractivity (Wildman–Crippen MR) is 127 cm³/mol. The Hall–Kier alpha value is -4.13. The minimum absolute atomic E-state index is 0.000646. The van der Waals surface area contributed by atoms with Gasteiger partial charge >= 0.3 is 0 Å². The van der Waals surface area contributed by atoms with Crippen LogP contribution in [0.25, 0.3) is 11.1 Å². The molecule has 3 aromatic carbocycles. The van der Waals surface area contributed by atoms with Crippen molar-refractivity contribution in [2.45, 2.75) is 26.7 Å². The first-order valence-corrected chi connectivity index (χ1v) is 10.6. The molecular formula is C26H27N3O4. The molecule has 3 aromatic rings. The maximum atomic E-state index is 12.1. The van der Waals surface area contributed by atoms with E-state index in [0.717, 1.165) is 27.9 Å². The Morgan fingerprint density at radius 2 is 1.36 bits per heavy atom. The molecule has 0 radical (unpaired) electrons. The fraction of sp³-hybridized carbons (Fsp3) is 0.192. The Balaban J connectivity index is 1.35. The second-order valence-electron chi connectivity index (χ2n) is 7.64. The van der Waals surface area contributed by atoms with Crippen LogP contribution in [0.15, 0.2) is 72.8 Å². The molecule has 0 fully saturated rings. The monoisotopic (exact) mass is 445 g/mol. The number of anilines is 1.